The lowest BCUT2D eigenvalue weighted by molar-refractivity contribution is 0.242. The van der Waals surface area contributed by atoms with E-state index < -0.39 is 0 Å². The zero-order chi connectivity index (χ0) is 13.9. The molecule has 2 aromatic rings. The molecule has 0 spiro atoms. The Morgan fingerprint density at radius 3 is 2.95 bits per heavy atom. The molecule has 0 N–H and O–H groups in total. The van der Waals surface area contributed by atoms with Gasteiger partial charge in [0.1, 0.15) is 17.7 Å². The van der Waals surface area contributed by atoms with E-state index in [1.54, 1.807) is 6.07 Å². The number of rotatable bonds is 3. The van der Waals surface area contributed by atoms with Crippen LogP contribution in [-0.4, -0.2) is 12.6 Å². The highest BCUT2D eigenvalue weighted by molar-refractivity contribution is 5.73. The summed E-state index contributed by atoms with van der Waals surface area (Å²) in [4.78, 5) is 2.75. The van der Waals surface area contributed by atoms with Crippen molar-refractivity contribution in [2.45, 2.75) is 12.5 Å². The van der Waals surface area contributed by atoms with Gasteiger partial charge in [-0.25, -0.2) is 4.39 Å². The van der Waals surface area contributed by atoms with Crippen molar-refractivity contribution in [2.24, 2.45) is 5.11 Å². The SMILES string of the molecule is [N-]=[N+]=NCC1Cc2cccc(-c3cccc(F)c3)c2O1. The van der Waals surface area contributed by atoms with Crippen molar-refractivity contribution in [2.75, 3.05) is 6.54 Å². The number of fused-ring (bicyclic) bond motifs is 1. The van der Waals surface area contributed by atoms with Crippen LogP contribution in [0, 0.1) is 5.82 Å². The van der Waals surface area contributed by atoms with Gasteiger partial charge in [0.15, 0.2) is 0 Å². The van der Waals surface area contributed by atoms with E-state index in [1.165, 1.54) is 12.1 Å². The van der Waals surface area contributed by atoms with E-state index in [0.717, 1.165) is 22.4 Å². The lowest BCUT2D eigenvalue weighted by atomic mass is 10.0. The van der Waals surface area contributed by atoms with Crippen LogP contribution < -0.4 is 4.74 Å². The average Bonchev–Trinajstić information content (AvgIpc) is 2.87. The Morgan fingerprint density at radius 1 is 1.30 bits per heavy atom. The van der Waals surface area contributed by atoms with Crippen molar-refractivity contribution < 1.29 is 9.13 Å². The monoisotopic (exact) mass is 269 g/mol. The van der Waals surface area contributed by atoms with Gasteiger partial charge in [0.25, 0.3) is 0 Å². The third kappa shape index (κ3) is 2.31. The second-order valence-corrected chi connectivity index (χ2v) is 4.66. The van der Waals surface area contributed by atoms with Crippen LogP contribution in [0.25, 0.3) is 21.6 Å². The highest BCUT2D eigenvalue weighted by Crippen LogP contribution is 2.38. The van der Waals surface area contributed by atoms with E-state index in [0.29, 0.717) is 13.0 Å². The van der Waals surface area contributed by atoms with Crippen molar-refractivity contribution in [3.63, 3.8) is 0 Å². The summed E-state index contributed by atoms with van der Waals surface area (Å²) in [7, 11) is 0. The fraction of sp³-hybridized carbons (Fsp3) is 0.200. The summed E-state index contributed by atoms with van der Waals surface area (Å²) in [6, 6.07) is 12.2. The molecule has 0 saturated carbocycles. The first kappa shape index (κ1) is 12.5. The molecule has 20 heavy (non-hydrogen) atoms. The van der Waals surface area contributed by atoms with Gasteiger partial charge in [0.2, 0.25) is 0 Å². The first-order valence-corrected chi connectivity index (χ1v) is 6.33. The third-order valence-electron chi connectivity index (χ3n) is 3.31. The van der Waals surface area contributed by atoms with Gasteiger partial charge in [-0.05, 0) is 28.8 Å². The molecule has 0 radical (unpaired) electrons. The van der Waals surface area contributed by atoms with E-state index in [1.807, 2.05) is 24.3 Å². The van der Waals surface area contributed by atoms with E-state index >= 15 is 0 Å². The maximum atomic E-state index is 13.4. The van der Waals surface area contributed by atoms with Crippen molar-refractivity contribution in [3.05, 3.63) is 64.3 Å². The average molecular weight is 269 g/mol. The standard InChI is InChI=1S/C15H12FN3O/c16-12-5-1-3-10(7-12)14-6-2-4-11-8-13(9-18-19-17)20-15(11)14/h1-7,13H,8-9H2. The Morgan fingerprint density at radius 2 is 2.15 bits per heavy atom. The zero-order valence-corrected chi connectivity index (χ0v) is 10.7. The number of azide groups is 1. The summed E-state index contributed by atoms with van der Waals surface area (Å²) in [5.41, 5.74) is 11.1. The summed E-state index contributed by atoms with van der Waals surface area (Å²) in [6.45, 7) is 0.299. The van der Waals surface area contributed by atoms with Crippen LogP contribution >= 0.6 is 0 Å². The largest absolute Gasteiger partial charge is 0.489 e. The van der Waals surface area contributed by atoms with E-state index in [9.17, 15) is 4.39 Å². The normalized spacial score (nSPS) is 16.1. The molecule has 1 atom stereocenters. The maximum absolute atomic E-state index is 13.4. The molecule has 1 aliphatic rings. The third-order valence-corrected chi connectivity index (χ3v) is 3.31. The smallest absolute Gasteiger partial charge is 0.130 e. The highest BCUT2D eigenvalue weighted by Gasteiger charge is 2.25. The minimum Gasteiger partial charge on any atom is -0.489 e. The van der Waals surface area contributed by atoms with Crippen LogP contribution in [0.15, 0.2) is 47.6 Å². The van der Waals surface area contributed by atoms with Gasteiger partial charge < -0.3 is 4.74 Å². The van der Waals surface area contributed by atoms with E-state index in [4.69, 9.17) is 10.3 Å². The van der Waals surface area contributed by atoms with Crippen LogP contribution in [0.4, 0.5) is 4.39 Å². The number of ether oxygens (including phenoxy) is 1. The Hall–Kier alpha value is -2.52. The van der Waals surface area contributed by atoms with Crippen molar-refractivity contribution in [1.29, 1.82) is 0 Å². The molecule has 2 aromatic carbocycles. The molecule has 0 amide bonds. The first-order chi connectivity index (χ1) is 9.78. The quantitative estimate of drug-likeness (QED) is 0.470. The van der Waals surface area contributed by atoms with Crippen LogP contribution in [-0.2, 0) is 6.42 Å². The number of hydrogen-bond acceptors (Lipinski definition) is 2. The molecule has 3 rings (SSSR count). The molecule has 0 fully saturated rings. The lowest BCUT2D eigenvalue weighted by Crippen LogP contribution is -2.16. The second-order valence-electron chi connectivity index (χ2n) is 4.66. The predicted molar refractivity (Wildman–Crippen MR) is 74.0 cm³/mol. The molecule has 1 unspecified atom stereocenters. The maximum Gasteiger partial charge on any atom is 0.130 e. The van der Waals surface area contributed by atoms with Gasteiger partial charge in [-0.2, -0.15) is 0 Å². The molecule has 0 aliphatic carbocycles. The minimum absolute atomic E-state index is 0.143. The van der Waals surface area contributed by atoms with Gasteiger partial charge in [-0.1, -0.05) is 35.4 Å². The molecule has 4 nitrogen and oxygen atoms in total. The van der Waals surface area contributed by atoms with Gasteiger partial charge in [0, 0.05) is 16.9 Å². The minimum atomic E-state index is -0.274. The Balaban J connectivity index is 1.97. The molecule has 5 heteroatoms. The molecular weight excluding hydrogens is 257 g/mol. The predicted octanol–water partition coefficient (Wildman–Crippen LogP) is 4.11. The number of para-hydroxylation sites is 1. The topological polar surface area (TPSA) is 58.0 Å². The zero-order valence-electron chi connectivity index (χ0n) is 10.7. The van der Waals surface area contributed by atoms with E-state index in [-0.39, 0.29) is 11.9 Å². The Bertz CT molecular complexity index is 695. The first-order valence-electron chi connectivity index (χ1n) is 6.33. The fourth-order valence-electron chi connectivity index (χ4n) is 2.45. The fourth-order valence-corrected chi connectivity index (χ4v) is 2.45. The second kappa shape index (κ2) is 5.23. The van der Waals surface area contributed by atoms with Gasteiger partial charge in [0.05, 0.1) is 6.54 Å². The summed E-state index contributed by atoms with van der Waals surface area (Å²) in [6.07, 6.45) is 0.563. The molecular formula is C15H12FN3O. The van der Waals surface area contributed by atoms with E-state index in [2.05, 4.69) is 10.0 Å². The molecule has 0 saturated heterocycles. The number of hydrogen-bond donors (Lipinski definition) is 0. The summed E-state index contributed by atoms with van der Waals surface area (Å²) >= 11 is 0. The Labute approximate surface area is 115 Å². The summed E-state index contributed by atoms with van der Waals surface area (Å²) in [5.74, 6) is 0.486. The Kier molecular flexibility index (Phi) is 3.27. The van der Waals surface area contributed by atoms with Crippen LogP contribution in [0.3, 0.4) is 0 Å². The molecule has 0 bridgehead atoms. The number of nitrogens with zero attached hydrogens (tertiary/aromatic N) is 3. The molecule has 100 valence electrons. The molecule has 1 aliphatic heterocycles. The van der Waals surface area contributed by atoms with Crippen LogP contribution in [0.5, 0.6) is 5.75 Å². The van der Waals surface area contributed by atoms with Crippen LogP contribution in [0.2, 0.25) is 0 Å². The molecule has 1 heterocycles. The van der Waals surface area contributed by atoms with Crippen molar-refractivity contribution in [1.82, 2.24) is 0 Å². The molecule has 0 aromatic heterocycles. The van der Waals surface area contributed by atoms with Gasteiger partial charge in [-0.3, -0.25) is 0 Å². The van der Waals surface area contributed by atoms with Gasteiger partial charge >= 0.3 is 0 Å². The van der Waals surface area contributed by atoms with Crippen LogP contribution in [0.1, 0.15) is 5.56 Å². The highest BCUT2D eigenvalue weighted by atomic mass is 19.1. The number of halogens is 1. The summed E-state index contributed by atoms with van der Waals surface area (Å²) in [5, 5.41) is 3.55. The van der Waals surface area contributed by atoms with Crippen molar-refractivity contribution >= 4 is 0 Å². The van der Waals surface area contributed by atoms with Gasteiger partial charge in [-0.15, -0.1) is 0 Å². The van der Waals surface area contributed by atoms with Crippen molar-refractivity contribution in [3.8, 4) is 16.9 Å². The summed E-state index contributed by atoms with van der Waals surface area (Å²) < 4.78 is 19.2. The number of benzene rings is 2. The lowest BCUT2D eigenvalue weighted by Gasteiger charge is -2.10.